The highest BCUT2D eigenvalue weighted by atomic mass is 32.1. The lowest BCUT2D eigenvalue weighted by Crippen LogP contribution is -2.22. The summed E-state index contributed by atoms with van der Waals surface area (Å²) < 4.78 is 19.3. The van der Waals surface area contributed by atoms with Gasteiger partial charge in [0.15, 0.2) is 6.41 Å². The van der Waals surface area contributed by atoms with Gasteiger partial charge in [-0.1, -0.05) is 6.58 Å². The van der Waals surface area contributed by atoms with Crippen LogP contribution in [0.15, 0.2) is 23.6 Å². The number of hydrogen-bond acceptors (Lipinski definition) is 7. The molecule has 0 unspecified atom stereocenters. The SMILES string of the molecule is [3H]n1ccc(OCc2c(C=C)nsc2-n2nnn(C)c2=O)n1. The van der Waals surface area contributed by atoms with Crippen molar-refractivity contribution in [1.82, 2.24) is 34.4 Å². The topological polar surface area (TPSA) is 104 Å². The van der Waals surface area contributed by atoms with Crippen LogP contribution in [0.4, 0.5) is 0 Å². The molecule has 3 aromatic heterocycles. The molecule has 0 aromatic carbocycles. The van der Waals surface area contributed by atoms with Crippen LogP contribution in [-0.4, -0.2) is 34.4 Å². The fraction of sp³-hybridized carbons (Fsp3) is 0.182. The number of nitrogens with one attached hydrogen (secondary N) is 1. The third-order valence-electron chi connectivity index (χ3n) is 2.71. The van der Waals surface area contributed by atoms with Gasteiger partial charge in [0.2, 0.25) is 5.88 Å². The molecule has 0 fully saturated rings. The third kappa shape index (κ3) is 2.36. The zero-order valence-electron chi connectivity index (χ0n) is 12.0. The predicted octanol–water partition coefficient (Wildman–Crippen LogP) is 0.368. The van der Waals surface area contributed by atoms with E-state index < -0.39 is 0 Å². The van der Waals surface area contributed by atoms with Crippen LogP contribution in [0.5, 0.6) is 5.88 Å². The minimum atomic E-state index is -0.379. The summed E-state index contributed by atoms with van der Waals surface area (Å²) in [5.74, 6) is 0.300. The van der Waals surface area contributed by atoms with Crippen LogP contribution in [0.1, 0.15) is 11.3 Å². The third-order valence-corrected chi connectivity index (χ3v) is 3.59. The molecule has 1 N–H and O–H groups in total. The van der Waals surface area contributed by atoms with Crippen molar-refractivity contribution in [3.05, 3.63) is 40.6 Å². The van der Waals surface area contributed by atoms with E-state index in [1.54, 1.807) is 12.1 Å². The second-order valence-electron chi connectivity index (χ2n) is 4.01. The van der Waals surface area contributed by atoms with Gasteiger partial charge in [-0.15, -0.1) is 9.78 Å². The van der Waals surface area contributed by atoms with Gasteiger partial charge in [-0.05, 0) is 28.0 Å². The highest BCUT2D eigenvalue weighted by Crippen LogP contribution is 2.24. The van der Waals surface area contributed by atoms with Crippen molar-refractivity contribution in [2.24, 2.45) is 7.05 Å². The second kappa shape index (κ2) is 5.32. The van der Waals surface area contributed by atoms with Gasteiger partial charge in [0.25, 0.3) is 0 Å². The van der Waals surface area contributed by atoms with Crippen LogP contribution < -0.4 is 10.4 Å². The molecule has 0 spiro atoms. The second-order valence-corrected chi connectivity index (χ2v) is 4.76. The van der Waals surface area contributed by atoms with E-state index in [0.29, 0.717) is 22.1 Å². The Morgan fingerprint density at radius 3 is 3.10 bits per heavy atom. The fourth-order valence-corrected chi connectivity index (χ4v) is 2.49. The molecule has 0 aliphatic carbocycles. The molecule has 21 heavy (non-hydrogen) atoms. The lowest BCUT2D eigenvalue weighted by Gasteiger charge is -2.04. The van der Waals surface area contributed by atoms with Crippen molar-refractivity contribution in [3.8, 4) is 10.9 Å². The predicted molar refractivity (Wildman–Crippen MR) is 75.3 cm³/mol. The van der Waals surface area contributed by atoms with Crippen LogP contribution in [0.25, 0.3) is 11.1 Å². The monoisotopic (exact) mass is 307 g/mol. The van der Waals surface area contributed by atoms with Crippen molar-refractivity contribution in [2.75, 3.05) is 0 Å². The van der Waals surface area contributed by atoms with Gasteiger partial charge in [-0.2, -0.15) is 9.06 Å². The molecule has 0 saturated heterocycles. The number of tetrazole rings is 1. The summed E-state index contributed by atoms with van der Waals surface area (Å²) >= 11 is 1.10. The minimum absolute atomic E-state index is 0.118. The van der Waals surface area contributed by atoms with Gasteiger partial charge in [-0.3, -0.25) is 5.09 Å². The Labute approximate surface area is 124 Å². The Morgan fingerprint density at radius 1 is 1.62 bits per heavy atom. The Morgan fingerprint density at radius 2 is 2.48 bits per heavy atom. The van der Waals surface area contributed by atoms with Crippen LogP contribution in [0.3, 0.4) is 0 Å². The number of hydrogen-bond donors (Lipinski definition) is 1. The van der Waals surface area contributed by atoms with Crippen molar-refractivity contribution in [3.63, 3.8) is 0 Å². The van der Waals surface area contributed by atoms with Crippen molar-refractivity contribution in [2.45, 2.75) is 6.61 Å². The van der Waals surface area contributed by atoms with Crippen LogP contribution in [0, 0.1) is 0 Å². The molecule has 0 bridgehead atoms. The summed E-state index contributed by atoms with van der Waals surface area (Å²) in [5.41, 5.74) is 0.876. The number of rotatable bonds is 5. The Kier molecular flexibility index (Phi) is 3.05. The van der Waals surface area contributed by atoms with E-state index in [4.69, 9.17) is 6.15 Å². The lowest BCUT2D eigenvalue weighted by molar-refractivity contribution is 0.293. The van der Waals surface area contributed by atoms with E-state index in [9.17, 15) is 4.79 Å². The lowest BCUT2D eigenvalue weighted by atomic mass is 10.2. The summed E-state index contributed by atoms with van der Waals surface area (Å²) in [6.45, 7) is 3.81. The smallest absolute Gasteiger partial charge is 0.369 e. The van der Waals surface area contributed by atoms with E-state index >= 15 is 0 Å². The summed E-state index contributed by atoms with van der Waals surface area (Å²) in [6.07, 6.45) is 3.02. The van der Waals surface area contributed by atoms with E-state index in [2.05, 4.69) is 26.5 Å². The molecule has 10 heteroatoms. The minimum Gasteiger partial charge on any atom is -0.472 e. The summed E-state index contributed by atoms with van der Waals surface area (Å²) in [4.78, 5) is 12.0. The summed E-state index contributed by atoms with van der Waals surface area (Å²) in [6, 6.07) is 1.56. The average molecular weight is 307 g/mol. The Bertz CT molecular complexity index is 877. The first kappa shape index (κ1) is 12.0. The van der Waals surface area contributed by atoms with Crippen molar-refractivity contribution in [1.29, 1.82) is 0 Å². The number of aromatic nitrogens is 7. The Hall–Kier alpha value is -2.75. The van der Waals surface area contributed by atoms with Crippen molar-refractivity contribution >= 4 is 17.6 Å². The number of ether oxygens (including phenoxy) is 1. The molecule has 0 saturated carbocycles. The molecule has 3 heterocycles. The normalized spacial score (nSPS) is 11.4. The standard InChI is InChI=1S/C11H11N7O2S/c1-3-8-7(6-20-9-4-5-12-13-9)10(21-14-8)18-11(19)17(2)15-16-18/h3-5H,1,6H2,2H3,(H,12,13)/i/hT. The Balaban J connectivity index is 1.95. The van der Waals surface area contributed by atoms with Gasteiger partial charge in [0.1, 0.15) is 6.61 Å². The zero-order chi connectivity index (χ0) is 15.7. The average Bonchev–Trinajstić information content (AvgIpc) is 3.18. The largest absolute Gasteiger partial charge is 0.472 e. The highest BCUT2D eigenvalue weighted by Gasteiger charge is 2.18. The van der Waals surface area contributed by atoms with Gasteiger partial charge in [0.05, 0.1) is 11.3 Å². The molecule has 9 nitrogen and oxygen atoms in total. The van der Waals surface area contributed by atoms with Gasteiger partial charge >= 0.3 is 5.69 Å². The van der Waals surface area contributed by atoms with Crippen molar-refractivity contribution < 1.29 is 6.15 Å². The summed E-state index contributed by atoms with van der Waals surface area (Å²) in [7, 11) is 1.51. The van der Waals surface area contributed by atoms with Crippen LogP contribution in [-0.2, 0) is 13.7 Å². The first-order valence-corrected chi connectivity index (χ1v) is 6.65. The van der Waals surface area contributed by atoms with Gasteiger partial charge in [-0.25, -0.2) is 4.79 Å². The number of aryl methyl sites for hydroxylation is 1. The highest BCUT2D eigenvalue weighted by molar-refractivity contribution is 7.08. The molecule has 0 atom stereocenters. The molecule has 0 aliphatic heterocycles. The number of H-pyrrole nitrogens is 1. The molecule has 0 aliphatic rings. The van der Waals surface area contributed by atoms with E-state index in [1.165, 1.54) is 13.2 Å². The number of nitrogens with zero attached hydrogens (tertiary/aromatic N) is 6. The molecular weight excluding hydrogens is 294 g/mol. The quantitative estimate of drug-likeness (QED) is 0.730. The zero-order valence-corrected chi connectivity index (χ0v) is 11.8. The molecule has 0 radical (unpaired) electrons. The summed E-state index contributed by atoms with van der Waals surface area (Å²) in [5, 5.41) is 12.7. The fourth-order valence-electron chi connectivity index (χ4n) is 1.66. The molecule has 3 rings (SSSR count). The first-order valence-electron chi connectivity index (χ1n) is 6.33. The maximum Gasteiger partial charge on any atom is 0.369 e. The molecule has 108 valence electrons. The van der Waals surface area contributed by atoms with E-state index in [0.717, 1.165) is 26.0 Å². The molecule has 0 amide bonds. The maximum absolute atomic E-state index is 12.0. The molecule has 3 aromatic rings. The van der Waals surface area contributed by atoms with E-state index in [-0.39, 0.29) is 12.3 Å². The molecular formula is C11H11N7O2S. The van der Waals surface area contributed by atoms with Gasteiger partial charge < -0.3 is 4.74 Å². The maximum atomic E-state index is 12.0. The first-order chi connectivity index (χ1) is 10.6. The van der Waals surface area contributed by atoms with E-state index in [1.807, 2.05) is 0 Å². The van der Waals surface area contributed by atoms with Gasteiger partial charge in [0, 0.05) is 19.3 Å². The van der Waals surface area contributed by atoms with Crippen LogP contribution in [0.2, 0.25) is 1.41 Å². The number of aromatic amines is 1. The van der Waals surface area contributed by atoms with Crippen LogP contribution >= 0.6 is 11.5 Å².